The maximum absolute atomic E-state index is 13.7. The first-order valence-electron chi connectivity index (χ1n) is 8.54. The molecule has 1 aliphatic heterocycles. The fraction of sp³-hybridized carbons (Fsp3) is 0.444. The number of nitrogens with zero attached hydrogens (tertiary/aromatic N) is 1. The molecule has 0 amide bonds. The molecule has 138 valence electrons. The number of halogens is 3. The molecule has 0 saturated heterocycles. The van der Waals surface area contributed by atoms with E-state index in [1.54, 1.807) is 13.0 Å². The molecule has 0 unspecified atom stereocenters. The summed E-state index contributed by atoms with van der Waals surface area (Å²) in [6, 6.07) is 3.80. The number of fused-ring (bicyclic) bond motifs is 1. The lowest BCUT2D eigenvalue weighted by molar-refractivity contribution is -0.115. The zero-order chi connectivity index (χ0) is 18.6. The van der Waals surface area contributed by atoms with Crippen LogP contribution in [-0.2, 0) is 6.42 Å². The van der Waals surface area contributed by atoms with Crippen molar-refractivity contribution in [2.45, 2.75) is 44.6 Å². The number of nitrogens with one attached hydrogen (secondary N) is 2. The highest BCUT2D eigenvalue weighted by Gasteiger charge is 2.49. The number of aryl methyl sites for hydroxylation is 1. The van der Waals surface area contributed by atoms with Gasteiger partial charge in [-0.25, -0.2) is 22.5 Å². The molecular formula is C18H18F3N3O2. The number of benzene rings is 1. The lowest BCUT2D eigenvalue weighted by Gasteiger charge is -2.42. The molecule has 1 aliphatic carbocycles. The minimum absolute atomic E-state index is 0.164. The fourth-order valence-electron chi connectivity index (χ4n) is 3.91. The van der Waals surface area contributed by atoms with Gasteiger partial charge in [-0.2, -0.15) is 0 Å². The van der Waals surface area contributed by atoms with Crippen LogP contribution in [0.1, 0.15) is 30.4 Å². The topological polar surface area (TPSA) is 66.9 Å². The Morgan fingerprint density at radius 3 is 2.58 bits per heavy atom. The number of alkyl halides is 2. The molecule has 0 spiro atoms. The average Bonchev–Trinajstić information content (AvgIpc) is 2.51. The molecular weight excluding hydrogens is 347 g/mol. The summed E-state index contributed by atoms with van der Waals surface area (Å²) in [5.74, 6) is -3.03. The van der Waals surface area contributed by atoms with Gasteiger partial charge in [0.1, 0.15) is 11.6 Å². The quantitative estimate of drug-likeness (QED) is 0.860. The maximum Gasteiger partial charge on any atom is 0.334 e. The predicted octanol–water partition coefficient (Wildman–Crippen LogP) is 2.75. The minimum Gasteiger partial charge on any atom is -0.368 e. The summed E-state index contributed by atoms with van der Waals surface area (Å²) >= 11 is 0. The molecule has 1 aromatic carbocycles. The smallest absolute Gasteiger partial charge is 0.334 e. The lowest BCUT2D eigenvalue weighted by Crippen LogP contribution is -2.48. The molecule has 5 nitrogen and oxygen atoms in total. The van der Waals surface area contributed by atoms with Crippen molar-refractivity contribution < 1.29 is 13.2 Å². The van der Waals surface area contributed by atoms with Gasteiger partial charge in [-0.3, -0.25) is 9.78 Å². The van der Waals surface area contributed by atoms with Crippen molar-refractivity contribution >= 4 is 5.82 Å². The Labute approximate surface area is 146 Å². The summed E-state index contributed by atoms with van der Waals surface area (Å²) in [6.45, 7) is 1.67. The van der Waals surface area contributed by atoms with Gasteiger partial charge in [0.2, 0.25) is 5.92 Å². The van der Waals surface area contributed by atoms with Crippen molar-refractivity contribution in [2.75, 3.05) is 5.32 Å². The number of aromatic nitrogens is 2. The summed E-state index contributed by atoms with van der Waals surface area (Å²) < 4.78 is 40.8. The van der Waals surface area contributed by atoms with E-state index in [1.807, 2.05) is 0 Å². The predicted molar refractivity (Wildman–Crippen MR) is 90.8 cm³/mol. The summed E-state index contributed by atoms with van der Waals surface area (Å²) in [5.41, 5.74) is -0.0660. The third-order valence-corrected chi connectivity index (χ3v) is 5.21. The lowest BCUT2D eigenvalue weighted by atomic mass is 9.74. The van der Waals surface area contributed by atoms with Crippen LogP contribution in [-0.4, -0.2) is 21.5 Å². The van der Waals surface area contributed by atoms with Crippen molar-refractivity contribution in [3.05, 3.63) is 56.0 Å². The highest BCUT2D eigenvalue weighted by atomic mass is 19.3. The minimum atomic E-state index is -2.61. The molecule has 1 saturated carbocycles. The van der Waals surface area contributed by atoms with Crippen molar-refractivity contribution in [3.63, 3.8) is 0 Å². The second-order valence-electron chi connectivity index (χ2n) is 7.22. The first-order chi connectivity index (χ1) is 12.2. The Hall–Kier alpha value is -2.51. The first kappa shape index (κ1) is 16.9. The van der Waals surface area contributed by atoms with Crippen LogP contribution in [0.4, 0.5) is 19.0 Å². The highest BCUT2D eigenvalue weighted by Crippen LogP contribution is 2.46. The van der Waals surface area contributed by atoms with E-state index in [0.29, 0.717) is 24.0 Å². The van der Waals surface area contributed by atoms with E-state index < -0.39 is 23.0 Å². The molecule has 2 N–H and O–H groups in total. The molecule has 1 fully saturated rings. The number of rotatable bonds is 2. The molecule has 2 aliphatic rings. The Bertz CT molecular complexity index is 968. The normalized spacial score (nSPS) is 21.6. The van der Waals surface area contributed by atoms with E-state index >= 15 is 0 Å². The molecule has 8 heteroatoms. The molecule has 1 aromatic heterocycles. The van der Waals surface area contributed by atoms with Gasteiger partial charge in [-0.1, -0.05) is 0 Å². The highest BCUT2D eigenvalue weighted by molar-refractivity contribution is 5.48. The van der Waals surface area contributed by atoms with Crippen LogP contribution >= 0.6 is 0 Å². The van der Waals surface area contributed by atoms with Gasteiger partial charge < -0.3 is 5.32 Å². The third kappa shape index (κ3) is 2.83. The van der Waals surface area contributed by atoms with Gasteiger partial charge in [0, 0.05) is 18.9 Å². The van der Waals surface area contributed by atoms with E-state index in [2.05, 4.69) is 10.3 Å². The molecule has 2 heterocycles. The largest absolute Gasteiger partial charge is 0.368 e. The number of hydrogen-bond acceptors (Lipinski definition) is 3. The summed E-state index contributed by atoms with van der Waals surface area (Å²) in [6.07, 6.45) is 0.559. The van der Waals surface area contributed by atoms with E-state index in [-0.39, 0.29) is 36.3 Å². The third-order valence-electron chi connectivity index (χ3n) is 5.21. The second kappa shape index (κ2) is 5.75. The molecule has 0 bridgehead atoms. The van der Waals surface area contributed by atoms with E-state index in [0.717, 1.165) is 10.6 Å². The van der Waals surface area contributed by atoms with Crippen LogP contribution in [0, 0.1) is 18.7 Å². The molecule has 4 rings (SSSR count). The van der Waals surface area contributed by atoms with E-state index in [4.69, 9.17) is 0 Å². The molecule has 2 aromatic rings. The van der Waals surface area contributed by atoms with Crippen LogP contribution in [0.5, 0.6) is 0 Å². The van der Waals surface area contributed by atoms with Crippen LogP contribution in [0.15, 0.2) is 27.8 Å². The maximum atomic E-state index is 13.7. The number of aromatic amines is 1. The Balaban J connectivity index is 1.70. The first-order valence-corrected chi connectivity index (χ1v) is 8.54. The van der Waals surface area contributed by atoms with Gasteiger partial charge in [0.05, 0.1) is 11.3 Å². The van der Waals surface area contributed by atoms with Crippen LogP contribution < -0.4 is 16.6 Å². The van der Waals surface area contributed by atoms with Gasteiger partial charge in [0.15, 0.2) is 0 Å². The van der Waals surface area contributed by atoms with Crippen molar-refractivity contribution in [2.24, 2.45) is 5.92 Å². The monoisotopic (exact) mass is 365 g/mol. The Morgan fingerprint density at radius 2 is 1.92 bits per heavy atom. The SMILES string of the molecule is Cc1cc(F)cc(-n2c(=O)[nH]c3c(c2=O)CC[C@H](C2CC(F)(F)C2)N3)c1. The standard InChI is InChI=1S/C18H18F3N3O2/c1-9-4-11(19)6-12(5-9)24-16(25)13-2-3-14(10-7-18(20,21)8-10)22-15(13)23-17(24)26/h4-6,10,14,22H,2-3,7-8H2,1H3,(H,23,26)/t14-/m1/s1. The van der Waals surface area contributed by atoms with Gasteiger partial charge in [-0.15, -0.1) is 0 Å². The fourth-order valence-corrected chi connectivity index (χ4v) is 3.91. The summed E-state index contributed by atoms with van der Waals surface area (Å²) in [4.78, 5) is 27.8. The van der Waals surface area contributed by atoms with Crippen molar-refractivity contribution in [3.8, 4) is 5.69 Å². The van der Waals surface area contributed by atoms with Crippen LogP contribution in [0.3, 0.4) is 0 Å². The molecule has 26 heavy (non-hydrogen) atoms. The molecule has 1 atom stereocenters. The van der Waals surface area contributed by atoms with Gasteiger partial charge in [-0.05, 0) is 49.4 Å². The average molecular weight is 365 g/mol. The number of hydrogen-bond donors (Lipinski definition) is 2. The zero-order valence-electron chi connectivity index (χ0n) is 14.1. The summed E-state index contributed by atoms with van der Waals surface area (Å²) in [5, 5.41) is 3.04. The van der Waals surface area contributed by atoms with Crippen molar-refractivity contribution in [1.82, 2.24) is 9.55 Å². The second-order valence-corrected chi connectivity index (χ2v) is 7.22. The van der Waals surface area contributed by atoms with Crippen molar-refractivity contribution in [1.29, 1.82) is 0 Å². The van der Waals surface area contributed by atoms with Gasteiger partial charge in [0.25, 0.3) is 5.56 Å². The molecule has 0 radical (unpaired) electrons. The Kier molecular flexibility index (Phi) is 3.75. The van der Waals surface area contributed by atoms with E-state index in [1.165, 1.54) is 6.07 Å². The summed E-state index contributed by atoms with van der Waals surface area (Å²) in [7, 11) is 0. The van der Waals surface area contributed by atoms with Crippen LogP contribution in [0.2, 0.25) is 0 Å². The zero-order valence-corrected chi connectivity index (χ0v) is 14.1. The van der Waals surface area contributed by atoms with E-state index in [9.17, 15) is 22.8 Å². The van der Waals surface area contributed by atoms with Crippen LogP contribution in [0.25, 0.3) is 5.69 Å². The van der Waals surface area contributed by atoms with Gasteiger partial charge >= 0.3 is 5.69 Å². The number of H-pyrrole nitrogens is 1. The number of anilines is 1. The Morgan fingerprint density at radius 1 is 1.19 bits per heavy atom.